The van der Waals surface area contributed by atoms with Gasteiger partial charge in [0.15, 0.2) is 11.5 Å². The topological polar surface area (TPSA) is 76.6 Å². The molecule has 0 radical (unpaired) electrons. The molecule has 0 aromatic heterocycles. The van der Waals surface area contributed by atoms with Crippen LogP contribution in [0.3, 0.4) is 0 Å². The minimum atomic E-state index is 0.00862. The van der Waals surface area contributed by atoms with Gasteiger partial charge < -0.3 is 29.7 Å². The summed E-state index contributed by atoms with van der Waals surface area (Å²) < 4.78 is 17.2. The molecule has 0 bridgehead atoms. The molecule has 7 nitrogen and oxygen atoms in total. The first-order chi connectivity index (χ1) is 19.1. The highest BCUT2D eigenvalue weighted by Crippen LogP contribution is 2.49. The number of hydrogen-bond donors (Lipinski definition) is 2. The van der Waals surface area contributed by atoms with E-state index < -0.39 is 0 Å². The Labute approximate surface area is 231 Å². The number of anilines is 2. The van der Waals surface area contributed by atoms with Gasteiger partial charge in [0, 0.05) is 42.9 Å². The lowest BCUT2D eigenvalue weighted by atomic mass is 9.95. The Morgan fingerprint density at radius 3 is 2.56 bits per heavy atom. The second-order valence-electron chi connectivity index (χ2n) is 10.3. The van der Waals surface area contributed by atoms with E-state index >= 15 is 0 Å². The van der Waals surface area contributed by atoms with Crippen molar-refractivity contribution in [3.63, 3.8) is 0 Å². The first-order valence-electron chi connectivity index (χ1n) is 14.0. The van der Waals surface area contributed by atoms with Gasteiger partial charge in [-0.3, -0.25) is 4.79 Å². The van der Waals surface area contributed by atoms with Crippen molar-refractivity contribution < 1.29 is 19.5 Å². The standard InChI is InChI=1S/C32H39N3O4/c1-33-25-14-12-22-19-29(37-2)31(38-3)32(39-4)30(22)23-13-15-26(28(36)20-24(23)25)34-16-8-18-35-17-7-10-21-9-5-6-11-27(21)35/h5-6,9,11,13,15,19-20,25,33H,7-8,10,12,14,16-18H2,1-4H3,(H,34,36)/p+1/t25-/m1/s1. The third kappa shape index (κ3) is 5.28. The molecular formula is C32H40N3O4+. The Balaban J connectivity index is 1.43. The number of quaternary nitrogens is 1. The molecule has 39 heavy (non-hydrogen) atoms. The van der Waals surface area contributed by atoms with Crippen LogP contribution in [-0.2, 0) is 12.8 Å². The number of nitrogens with two attached hydrogens (primary N) is 1. The first kappa shape index (κ1) is 26.9. The molecule has 1 heterocycles. The minimum absolute atomic E-state index is 0.00862. The fraction of sp³-hybridized carbons (Fsp3) is 0.406. The lowest BCUT2D eigenvalue weighted by Crippen LogP contribution is -2.81. The summed E-state index contributed by atoms with van der Waals surface area (Å²) in [6.45, 7) is 2.78. The number of nitrogens with one attached hydrogen (secondary N) is 1. The lowest BCUT2D eigenvalue weighted by Gasteiger charge is -2.31. The molecule has 0 saturated heterocycles. The molecule has 1 aliphatic heterocycles. The van der Waals surface area contributed by atoms with E-state index in [1.807, 2.05) is 18.2 Å². The maximum atomic E-state index is 13.5. The van der Waals surface area contributed by atoms with Gasteiger partial charge >= 0.3 is 0 Å². The molecule has 7 heteroatoms. The zero-order valence-corrected chi connectivity index (χ0v) is 23.5. The zero-order chi connectivity index (χ0) is 27.4. The van der Waals surface area contributed by atoms with E-state index in [1.54, 1.807) is 21.3 Å². The molecule has 2 aliphatic rings. The van der Waals surface area contributed by atoms with Crippen LogP contribution in [-0.4, -0.2) is 48.0 Å². The summed E-state index contributed by atoms with van der Waals surface area (Å²) in [5.41, 5.74) is 7.53. The number of nitrogens with zero attached hydrogens (tertiary/aromatic N) is 1. The van der Waals surface area contributed by atoms with Crippen LogP contribution in [0.2, 0.25) is 0 Å². The van der Waals surface area contributed by atoms with E-state index in [0.717, 1.165) is 67.6 Å². The van der Waals surface area contributed by atoms with E-state index in [1.165, 1.54) is 17.7 Å². The van der Waals surface area contributed by atoms with E-state index in [4.69, 9.17) is 14.2 Å². The normalized spacial score (nSPS) is 15.9. The number of methoxy groups -OCH3 is 3. The predicted octanol–water partition coefficient (Wildman–Crippen LogP) is 4.17. The van der Waals surface area contributed by atoms with Crippen molar-refractivity contribution in [1.82, 2.24) is 0 Å². The van der Waals surface area contributed by atoms with Gasteiger partial charge in [-0.15, -0.1) is 0 Å². The predicted molar refractivity (Wildman–Crippen MR) is 157 cm³/mol. The second-order valence-corrected chi connectivity index (χ2v) is 10.3. The van der Waals surface area contributed by atoms with Crippen LogP contribution in [0.4, 0.5) is 11.4 Å². The van der Waals surface area contributed by atoms with Crippen LogP contribution in [0.1, 0.15) is 42.0 Å². The number of hydrogen-bond acceptors (Lipinski definition) is 6. The zero-order valence-electron chi connectivity index (χ0n) is 23.5. The molecular weight excluding hydrogens is 490 g/mol. The number of fused-ring (bicyclic) bond motifs is 4. The smallest absolute Gasteiger partial charge is 0.203 e. The van der Waals surface area contributed by atoms with Gasteiger partial charge in [0.25, 0.3) is 0 Å². The van der Waals surface area contributed by atoms with Gasteiger partial charge in [0.05, 0.1) is 34.1 Å². The van der Waals surface area contributed by atoms with Gasteiger partial charge in [-0.25, -0.2) is 0 Å². The number of ether oxygens (including phenoxy) is 3. The molecule has 5 rings (SSSR count). The second kappa shape index (κ2) is 12.0. The Morgan fingerprint density at radius 2 is 1.79 bits per heavy atom. The number of para-hydroxylation sites is 1. The van der Waals surface area contributed by atoms with E-state index in [0.29, 0.717) is 22.9 Å². The van der Waals surface area contributed by atoms with E-state index in [9.17, 15) is 4.79 Å². The van der Waals surface area contributed by atoms with Gasteiger partial charge in [-0.05, 0) is 66.6 Å². The summed E-state index contributed by atoms with van der Waals surface area (Å²) in [4.78, 5) is 15.9. The van der Waals surface area contributed by atoms with Crippen molar-refractivity contribution >= 4 is 11.4 Å². The molecule has 0 fully saturated rings. The molecule has 0 spiro atoms. The molecule has 206 valence electrons. The minimum Gasteiger partial charge on any atom is -0.493 e. The Morgan fingerprint density at radius 1 is 0.974 bits per heavy atom. The van der Waals surface area contributed by atoms with Gasteiger partial charge in [-0.2, -0.15) is 0 Å². The third-order valence-electron chi connectivity index (χ3n) is 8.11. The van der Waals surface area contributed by atoms with Crippen molar-refractivity contribution in [2.45, 2.75) is 38.1 Å². The first-order valence-corrected chi connectivity index (χ1v) is 14.0. The van der Waals surface area contributed by atoms with Crippen molar-refractivity contribution in [2.75, 3.05) is 58.2 Å². The summed E-state index contributed by atoms with van der Waals surface area (Å²) in [6.07, 6.45) is 5.03. The number of benzene rings is 2. The lowest BCUT2D eigenvalue weighted by molar-refractivity contribution is -0.670. The fourth-order valence-electron chi connectivity index (χ4n) is 6.17. The van der Waals surface area contributed by atoms with Crippen LogP contribution in [0.15, 0.2) is 53.3 Å². The summed E-state index contributed by atoms with van der Waals surface area (Å²) in [5, 5.41) is 5.63. The Bertz CT molecular complexity index is 1390. The summed E-state index contributed by atoms with van der Waals surface area (Å²) in [6, 6.07) is 16.7. The Hall–Kier alpha value is -3.71. The van der Waals surface area contributed by atoms with Crippen molar-refractivity contribution in [3.8, 4) is 28.4 Å². The molecule has 3 aromatic rings. The third-order valence-corrected chi connectivity index (χ3v) is 8.11. The summed E-state index contributed by atoms with van der Waals surface area (Å²) in [7, 11) is 6.99. The molecule has 1 aliphatic carbocycles. The van der Waals surface area contributed by atoms with Crippen LogP contribution in [0, 0.1) is 0 Å². The Kier molecular flexibility index (Phi) is 8.27. The van der Waals surface area contributed by atoms with Crippen LogP contribution in [0.25, 0.3) is 11.1 Å². The van der Waals surface area contributed by atoms with E-state index in [-0.39, 0.29) is 11.5 Å². The summed E-state index contributed by atoms with van der Waals surface area (Å²) in [5.74, 6) is 1.85. The maximum Gasteiger partial charge on any atom is 0.203 e. The van der Waals surface area contributed by atoms with Crippen LogP contribution >= 0.6 is 0 Å². The quantitative estimate of drug-likeness (QED) is 0.405. The molecule has 3 aromatic carbocycles. The average Bonchev–Trinajstić information content (AvgIpc) is 3.22. The van der Waals surface area contributed by atoms with E-state index in [2.05, 4.69) is 52.9 Å². The molecule has 0 saturated carbocycles. The monoisotopic (exact) mass is 530 g/mol. The van der Waals surface area contributed by atoms with Crippen molar-refractivity contribution in [3.05, 3.63) is 75.4 Å². The number of rotatable bonds is 9. The maximum absolute atomic E-state index is 13.5. The average molecular weight is 531 g/mol. The van der Waals surface area contributed by atoms with Gasteiger partial charge in [0.2, 0.25) is 11.2 Å². The van der Waals surface area contributed by atoms with Crippen molar-refractivity contribution in [2.24, 2.45) is 0 Å². The fourth-order valence-corrected chi connectivity index (χ4v) is 6.17. The SMILES string of the molecule is C[NH2+][C@@H]1CCc2cc(OC)c(OC)c(OC)c2-c2ccc(NCCCN3CCCc4ccccc43)c(=O)cc21. The number of aryl methyl sites for hydroxylation is 2. The molecule has 1 atom stereocenters. The van der Waals surface area contributed by atoms with Gasteiger partial charge in [0.1, 0.15) is 6.04 Å². The highest BCUT2D eigenvalue weighted by Gasteiger charge is 2.30. The molecule has 0 unspecified atom stereocenters. The largest absolute Gasteiger partial charge is 0.493 e. The summed E-state index contributed by atoms with van der Waals surface area (Å²) >= 11 is 0. The van der Waals surface area contributed by atoms with Crippen molar-refractivity contribution in [1.29, 1.82) is 0 Å². The van der Waals surface area contributed by atoms with Crippen LogP contribution < -0.4 is 35.2 Å². The molecule has 3 N–H and O–H groups in total. The highest BCUT2D eigenvalue weighted by atomic mass is 16.5. The molecule has 0 amide bonds. The van der Waals surface area contributed by atoms with Crippen LogP contribution in [0.5, 0.6) is 17.2 Å². The highest BCUT2D eigenvalue weighted by molar-refractivity contribution is 5.82. The van der Waals surface area contributed by atoms with Gasteiger partial charge in [-0.1, -0.05) is 24.3 Å².